The first-order valence-corrected chi connectivity index (χ1v) is 6.70. The van der Waals surface area contributed by atoms with Crippen molar-refractivity contribution in [3.05, 3.63) is 59.7 Å². The number of aryl methyl sites for hydroxylation is 1. The topological polar surface area (TPSA) is 38.3 Å². The monoisotopic (exact) mass is 269 g/mol. The molecule has 104 valence electrons. The predicted octanol–water partition coefficient (Wildman–Crippen LogP) is 4.03. The Morgan fingerprint density at radius 2 is 1.70 bits per heavy atom. The number of nitrogens with one attached hydrogen (secondary N) is 1. The molecule has 2 rings (SSSR count). The summed E-state index contributed by atoms with van der Waals surface area (Å²) in [7, 11) is 0. The SMILES string of the molecule is Cc1ccccc1C(=O)Nc1ccccc1OC(C)C. The second kappa shape index (κ2) is 6.24. The Morgan fingerprint density at radius 3 is 2.40 bits per heavy atom. The van der Waals surface area contributed by atoms with E-state index in [1.54, 1.807) is 0 Å². The van der Waals surface area contributed by atoms with Crippen LogP contribution in [0.2, 0.25) is 0 Å². The van der Waals surface area contributed by atoms with Crippen LogP contribution < -0.4 is 10.1 Å². The Balaban J connectivity index is 2.22. The molecule has 2 aromatic carbocycles. The zero-order valence-electron chi connectivity index (χ0n) is 12.0. The molecule has 20 heavy (non-hydrogen) atoms. The summed E-state index contributed by atoms with van der Waals surface area (Å²) >= 11 is 0. The standard InChI is InChI=1S/C17H19NO2/c1-12(2)20-16-11-7-6-10-15(16)18-17(19)14-9-5-4-8-13(14)3/h4-12H,1-3H3,(H,18,19). The fourth-order valence-corrected chi connectivity index (χ4v) is 1.94. The highest BCUT2D eigenvalue weighted by molar-refractivity contribution is 6.05. The van der Waals surface area contributed by atoms with Crippen molar-refractivity contribution in [1.29, 1.82) is 0 Å². The zero-order chi connectivity index (χ0) is 14.5. The molecule has 2 aromatic rings. The molecule has 0 radical (unpaired) electrons. The molecule has 0 aromatic heterocycles. The maximum atomic E-state index is 12.3. The van der Waals surface area contributed by atoms with Gasteiger partial charge in [0, 0.05) is 5.56 Å². The molecule has 0 unspecified atom stereocenters. The van der Waals surface area contributed by atoms with Gasteiger partial charge in [-0.3, -0.25) is 4.79 Å². The molecule has 3 heteroatoms. The van der Waals surface area contributed by atoms with Gasteiger partial charge < -0.3 is 10.1 Å². The van der Waals surface area contributed by atoms with Crippen LogP contribution in [0, 0.1) is 6.92 Å². The van der Waals surface area contributed by atoms with Gasteiger partial charge in [-0.1, -0.05) is 30.3 Å². The molecular formula is C17H19NO2. The van der Waals surface area contributed by atoms with Crippen molar-refractivity contribution in [3.8, 4) is 5.75 Å². The zero-order valence-corrected chi connectivity index (χ0v) is 12.0. The smallest absolute Gasteiger partial charge is 0.256 e. The minimum absolute atomic E-state index is 0.0616. The van der Waals surface area contributed by atoms with Crippen molar-refractivity contribution < 1.29 is 9.53 Å². The molecular weight excluding hydrogens is 250 g/mol. The summed E-state index contributed by atoms with van der Waals surface area (Å²) in [6.45, 7) is 5.84. The number of ether oxygens (including phenoxy) is 1. The maximum Gasteiger partial charge on any atom is 0.256 e. The average molecular weight is 269 g/mol. The maximum absolute atomic E-state index is 12.3. The molecule has 0 aliphatic rings. The molecule has 0 spiro atoms. The van der Waals surface area contributed by atoms with Gasteiger partial charge in [-0.25, -0.2) is 0 Å². The summed E-state index contributed by atoms with van der Waals surface area (Å²) in [6, 6.07) is 15.0. The summed E-state index contributed by atoms with van der Waals surface area (Å²) < 4.78 is 5.70. The number of hydrogen-bond donors (Lipinski definition) is 1. The first-order valence-electron chi connectivity index (χ1n) is 6.70. The number of para-hydroxylation sites is 2. The van der Waals surface area contributed by atoms with Crippen LogP contribution in [0.3, 0.4) is 0 Å². The first kappa shape index (κ1) is 14.1. The third kappa shape index (κ3) is 3.38. The molecule has 0 heterocycles. The minimum Gasteiger partial charge on any atom is -0.489 e. The third-order valence-corrected chi connectivity index (χ3v) is 2.89. The highest BCUT2D eigenvalue weighted by atomic mass is 16.5. The van der Waals surface area contributed by atoms with Gasteiger partial charge in [-0.05, 0) is 44.5 Å². The molecule has 0 saturated heterocycles. The Bertz CT molecular complexity index is 605. The lowest BCUT2D eigenvalue weighted by atomic mass is 10.1. The van der Waals surface area contributed by atoms with Gasteiger partial charge in [0.25, 0.3) is 5.91 Å². The van der Waals surface area contributed by atoms with Crippen LogP contribution in [0.5, 0.6) is 5.75 Å². The number of rotatable bonds is 4. The summed E-state index contributed by atoms with van der Waals surface area (Å²) in [5, 5.41) is 2.91. The highest BCUT2D eigenvalue weighted by Gasteiger charge is 2.11. The second-order valence-electron chi connectivity index (χ2n) is 4.93. The van der Waals surface area contributed by atoms with Crippen LogP contribution in [-0.2, 0) is 0 Å². The molecule has 0 fully saturated rings. The number of anilines is 1. The number of hydrogen-bond acceptors (Lipinski definition) is 2. The second-order valence-corrected chi connectivity index (χ2v) is 4.93. The van der Waals surface area contributed by atoms with Crippen molar-refractivity contribution in [1.82, 2.24) is 0 Å². The van der Waals surface area contributed by atoms with Crippen LogP contribution in [0.4, 0.5) is 5.69 Å². The molecule has 1 amide bonds. The van der Waals surface area contributed by atoms with E-state index in [0.29, 0.717) is 17.0 Å². The van der Waals surface area contributed by atoms with Gasteiger partial charge in [0.1, 0.15) is 5.75 Å². The van der Waals surface area contributed by atoms with Crippen LogP contribution >= 0.6 is 0 Å². The van der Waals surface area contributed by atoms with Gasteiger partial charge in [0.05, 0.1) is 11.8 Å². The van der Waals surface area contributed by atoms with Crippen molar-refractivity contribution in [2.75, 3.05) is 5.32 Å². The number of amides is 1. The molecule has 0 atom stereocenters. The number of carbonyl (C=O) groups is 1. The molecule has 0 bridgehead atoms. The Morgan fingerprint density at radius 1 is 1.05 bits per heavy atom. The van der Waals surface area contributed by atoms with Gasteiger partial charge in [0.2, 0.25) is 0 Å². The lowest BCUT2D eigenvalue weighted by molar-refractivity contribution is 0.102. The van der Waals surface area contributed by atoms with Crippen molar-refractivity contribution in [2.45, 2.75) is 26.9 Å². The molecule has 3 nitrogen and oxygen atoms in total. The summed E-state index contributed by atoms with van der Waals surface area (Å²) in [4.78, 5) is 12.3. The van der Waals surface area contributed by atoms with Gasteiger partial charge in [-0.15, -0.1) is 0 Å². The van der Waals surface area contributed by atoms with Gasteiger partial charge in [0.15, 0.2) is 0 Å². The van der Waals surface area contributed by atoms with Crippen LogP contribution in [0.1, 0.15) is 29.8 Å². The van der Waals surface area contributed by atoms with Crippen molar-refractivity contribution in [2.24, 2.45) is 0 Å². The van der Waals surface area contributed by atoms with E-state index in [-0.39, 0.29) is 12.0 Å². The predicted molar refractivity (Wildman–Crippen MR) is 81.3 cm³/mol. The lowest BCUT2D eigenvalue weighted by Gasteiger charge is -2.15. The summed E-state index contributed by atoms with van der Waals surface area (Å²) in [5.41, 5.74) is 2.31. The van der Waals surface area contributed by atoms with E-state index in [0.717, 1.165) is 5.56 Å². The Kier molecular flexibility index (Phi) is 4.41. The Labute approximate surface area is 119 Å². The normalized spacial score (nSPS) is 10.4. The van der Waals surface area contributed by atoms with E-state index in [4.69, 9.17) is 4.74 Å². The lowest BCUT2D eigenvalue weighted by Crippen LogP contribution is -2.15. The van der Waals surface area contributed by atoms with E-state index in [1.807, 2.05) is 69.3 Å². The third-order valence-electron chi connectivity index (χ3n) is 2.89. The van der Waals surface area contributed by atoms with Crippen LogP contribution in [0.25, 0.3) is 0 Å². The fraction of sp³-hybridized carbons (Fsp3) is 0.235. The molecule has 0 saturated carbocycles. The van der Waals surface area contributed by atoms with Crippen molar-refractivity contribution in [3.63, 3.8) is 0 Å². The molecule has 1 N–H and O–H groups in total. The number of carbonyl (C=O) groups excluding carboxylic acids is 1. The van der Waals surface area contributed by atoms with Gasteiger partial charge >= 0.3 is 0 Å². The molecule has 0 aliphatic heterocycles. The van der Waals surface area contributed by atoms with E-state index in [1.165, 1.54) is 0 Å². The van der Waals surface area contributed by atoms with E-state index in [9.17, 15) is 4.79 Å². The molecule has 0 aliphatic carbocycles. The summed E-state index contributed by atoms with van der Waals surface area (Å²) in [6.07, 6.45) is 0.0616. The quantitative estimate of drug-likeness (QED) is 0.909. The van der Waals surface area contributed by atoms with Gasteiger partial charge in [-0.2, -0.15) is 0 Å². The highest BCUT2D eigenvalue weighted by Crippen LogP contribution is 2.25. The first-order chi connectivity index (χ1) is 9.58. The van der Waals surface area contributed by atoms with E-state index < -0.39 is 0 Å². The fourth-order valence-electron chi connectivity index (χ4n) is 1.94. The van der Waals surface area contributed by atoms with E-state index >= 15 is 0 Å². The average Bonchev–Trinajstić information content (AvgIpc) is 2.41. The largest absolute Gasteiger partial charge is 0.489 e. The van der Waals surface area contributed by atoms with Crippen LogP contribution in [0.15, 0.2) is 48.5 Å². The minimum atomic E-state index is -0.122. The van der Waals surface area contributed by atoms with E-state index in [2.05, 4.69) is 5.32 Å². The van der Waals surface area contributed by atoms with Crippen LogP contribution in [-0.4, -0.2) is 12.0 Å². The van der Waals surface area contributed by atoms with Crippen molar-refractivity contribution >= 4 is 11.6 Å². The Hall–Kier alpha value is -2.29. The number of benzene rings is 2. The summed E-state index contributed by atoms with van der Waals surface area (Å²) in [5.74, 6) is 0.562.